The van der Waals surface area contributed by atoms with Gasteiger partial charge in [-0.3, -0.25) is 0 Å². The van der Waals surface area contributed by atoms with Gasteiger partial charge in [-0.05, 0) is 57.4 Å². The smallest absolute Gasteiger partial charge is 0.331 e. The number of carbonyl (C=O) groups excluding carboxylic acids is 1. The molecular formula is C39H66O6. The van der Waals surface area contributed by atoms with E-state index in [1.54, 1.807) is 0 Å². The van der Waals surface area contributed by atoms with Gasteiger partial charge in [0.05, 0.1) is 32.0 Å². The Balaban J connectivity index is 2.45. The first-order chi connectivity index (χ1) is 22.1. The number of ether oxygens (including phenoxy) is 5. The molecule has 6 nitrogen and oxygen atoms in total. The monoisotopic (exact) mass is 630 g/mol. The first kappa shape index (κ1) is 38.8. The number of rotatable bonds is 27. The van der Waals surface area contributed by atoms with Crippen molar-refractivity contribution in [3.63, 3.8) is 0 Å². The normalized spacial score (nSPS) is 13.7. The molecule has 0 bridgehead atoms. The third-order valence-corrected chi connectivity index (χ3v) is 8.42. The number of hydrogen-bond acceptors (Lipinski definition) is 6. The predicted octanol–water partition coefficient (Wildman–Crippen LogP) is 11.4. The van der Waals surface area contributed by atoms with Crippen molar-refractivity contribution in [2.75, 3.05) is 26.4 Å². The summed E-state index contributed by atoms with van der Waals surface area (Å²) in [6, 6.07) is 1.96. The third kappa shape index (κ3) is 16.7. The van der Waals surface area contributed by atoms with E-state index in [1.807, 2.05) is 12.1 Å². The minimum absolute atomic E-state index is 0.00460. The lowest BCUT2D eigenvalue weighted by Crippen LogP contribution is -2.19. The molecule has 0 spiro atoms. The summed E-state index contributed by atoms with van der Waals surface area (Å²) in [5.74, 6) is 2.24. The summed E-state index contributed by atoms with van der Waals surface area (Å²) in [6.07, 6.45) is 26.5. The highest BCUT2D eigenvalue weighted by molar-refractivity contribution is 5.89. The number of esters is 1. The van der Waals surface area contributed by atoms with Gasteiger partial charge in [-0.1, -0.05) is 111 Å². The number of hydrogen-bond donors (Lipinski definition) is 0. The maximum Gasteiger partial charge on any atom is 0.331 e. The predicted molar refractivity (Wildman–Crippen MR) is 187 cm³/mol. The molecule has 45 heavy (non-hydrogen) atoms. The fourth-order valence-electron chi connectivity index (χ4n) is 5.64. The molecule has 0 radical (unpaired) electrons. The summed E-state index contributed by atoms with van der Waals surface area (Å²) in [6.45, 7) is 11.2. The second-order valence-corrected chi connectivity index (χ2v) is 12.6. The Morgan fingerprint density at radius 1 is 0.600 bits per heavy atom. The van der Waals surface area contributed by atoms with Crippen LogP contribution in [0.5, 0.6) is 23.0 Å². The van der Waals surface area contributed by atoms with Crippen LogP contribution in [0.4, 0.5) is 0 Å². The zero-order valence-electron chi connectivity index (χ0n) is 29.4. The lowest BCUT2D eigenvalue weighted by molar-refractivity contribution is -0.144. The fraction of sp³-hybridized carbons (Fsp3) is 0.769. The van der Waals surface area contributed by atoms with Gasteiger partial charge >= 0.3 is 5.97 Å². The quantitative estimate of drug-likeness (QED) is 0.0547. The highest BCUT2D eigenvalue weighted by atomic mass is 16.5. The van der Waals surface area contributed by atoms with Crippen molar-refractivity contribution in [3.8, 4) is 23.0 Å². The van der Waals surface area contributed by atoms with Crippen LogP contribution in [0.15, 0.2) is 12.1 Å². The zero-order valence-corrected chi connectivity index (χ0v) is 29.4. The average Bonchev–Trinajstić information content (AvgIpc) is 3.05. The van der Waals surface area contributed by atoms with Gasteiger partial charge in [-0.2, -0.15) is 0 Å². The maximum atomic E-state index is 13.0. The largest absolute Gasteiger partial charge is 0.493 e. The summed E-state index contributed by atoms with van der Waals surface area (Å²) in [4.78, 5) is 13.0. The molecule has 1 aromatic carbocycles. The first-order valence-corrected chi connectivity index (χ1v) is 18.7. The molecule has 0 heterocycles. The summed E-state index contributed by atoms with van der Waals surface area (Å²) in [5, 5.41) is 0. The van der Waals surface area contributed by atoms with E-state index in [4.69, 9.17) is 23.7 Å². The van der Waals surface area contributed by atoms with Gasteiger partial charge in [0.25, 0.3) is 0 Å². The van der Waals surface area contributed by atoms with Crippen molar-refractivity contribution in [2.45, 2.75) is 169 Å². The van der Waals surface area contributed by atoms with Gasteiger partial charge in [0.2, 0.25) is 5.75 Å². The van der Waals surface area contributed by atoms with Gasteiger partial charge in [0.1, 0.15) is 11.9 Å². The van der Waals surface area contributed by atoms with E-state index in [1.165, 1.54) is 63.9 Å². The summed E-state index contributed by atoms with van der Waals surface area (Å²) >= 11 is 0. The van der Waals surface area contributed by atoms with Crippen LogP contribution in [-0.2, 0) is 9.53 Å². The molecule has 1 saturated carbocycles. The van der Waals surface area contributed by atoms with E-state index in [0.29, 0.717) is 49.4 Å². The Morgan fingerprint density at radius 3 is 1.58 bits per heavy atom. The van der Waals surface area contributed by atoms with Crippen molar-refractivity contribution in [3.05, 3.63) is 17.7 Å². The van der Waals surface area contributed by atoms with E-state index in [9.17, 15) is 4.79 Å². The lowest BCUT2D eigenvalue weighted by Gasteiger charge is -2.22. The minimum atomic E-state index is -0.317. The number of unbranched alkanes of at least 4 members (excludes halogenated alkanes) is 12. The van der Waals surface area contributed by atoms with Crippen molar-refractivity contribution in [1.29, 1.82) is 0 Å². The molecule has 6 heteroatoms. The highest BCUT2D eigenvalue weighted by Crippen LogP contribution is 2.47. The van der Waals surface area contributed by atoms with Crippen molar-refractivity contribution >= 4 is 12.0 Å². The van der Waals surface area contributed by atoms with Crippen LogP contribution in [0, 0.1) is 0 Å². The van der Waals surface area contributed by atoms with Crippen molar-refractivity contribution in [1.82, 2.24) is 0 Å². The lowest BCUT2D eigenvalue weighted by atomic mass is 9.98. The van der Waals surface area contributed by atoms with Gasteiger partial charge in [0.15, 0.2) is 11.5 Å². The molecule has 258 valence electrons. The fourth-order valence-corrected chi connectivity index (χ4v) is 5.64. The maximum absolute atomic E-state index is 13.0. The van der Waals surface area contributed by atoms with Crippen LogP contribution in [0.25, 0.3) is 6.08 Å². The Bertz CT molecular complexity index is 921. The third-order valence-electron chi connectivity index (χ3n) is 8.42. The van der Waals surface area contributed by atoms with E-state index in [2.05, 4.69) is 27.7 Å². The molecule has 2 rings (SSSR count). The summed E-state index contributed by atoms with van der Waals surface area (Å²) in [5.41, 5.74) is 0.725. The average molecular weight is 631 g/mol. The molecule has 0 atom stereocenters. The number of carbonyl (C=O) groups is 1. The number of benzene rings is 1. The molecule has 1 aromatic rings. The Labute approximate surface area is 276 Å². The molecule has 1 aliphatic carbocycles. The Morgan fingerprint density at radius 2 is 1.07 bits per heavy atom. The van der Waals surface area contributed by atoms with E-state index in [0.717, 1.165) is 82.6 Å². The van der Waals surface area contributed by atoms with E-state index >= 15 is 0 Å². The standard InChI is InChI=1S/C39H66O6/c1-5-9-13-20-28-41-35-32-36(42-29-21-14-10-6-2)39(44-31-23-16-12-8-4)38(43-30-22-15-11-7-3)34(35)26-27-37(40)45-33-24-18-17-19-25-33/h26-27,32-33H,5-25,28-31H2,1-4H3. The molecule has 0 unspecified atom stereocenters. The molecular weight excluding hydrogens is 564 g/mol. The SMILES string of the molecule is CCCCCCOc1cc(OCCCCCC)c(OCCCCCC)c(OCCCCCC)c1C=CC(=O)OC1CCCCC1. The van der Waals surface area contributed by atoms with E-state index < -0.39 is 0 Å². The van der Waals surface area contributed by atoms with Gasteiger partial charge < -0.3 is 23.7 Å². The van der Waals surface area contributed by atoms with Crippen molar-refractivity contribution < 1.29 is 28.5 Å². The van der Waals surface area contributed by atoms with E-state index in [-0.39, 0.29) is 12.1 Å². The van der Waals surface area contributed by atoms with Crippen LogP contribution in [0.3, 0.4) is 0 Å². The second-order valence-electron chi connectivity index (χ2n) is 12.6. The zero-order chi connectivity index (χ0) is 32.4. The Hall–Kier alpha value is -2.37. The topological polar surface area (TPSA) is 63.2 Å². The summed E-state index contributed by atoms with van der Waals surface area (Å²) < 4.78 is 31.7. The van der Waals surface area contributed by atoms with Gasteiger partial charge in [-0.15, -0.1) is 0 Å². The van der Waals surface area contributed by atoms with Crippen molar-refractivity contribution in [2.24, 2.45) is 0 Å². The first-order valence-electron chi connectivity index (χ1n) is 18.7. The molecule has 0 saturated heterocycles. The molecule has 1 fully saturated rings. The molecule has 0 aliphatic heterocycles. The molecule has 1 aliphatic rings. The Kier molecular flexibility index (Phi) is 22.2. The van der Waals surface area contributed by atoms with Crippen LogP contribution < -0.4 is 18.9 Å². The molecule has 0 N–H and O–H groups in total. The van der Waals surface area contributed by atoms with Gasteiger partial charge in [0, 0.05) is 12.1 Å². The summed E-state index contributed by atoms with van der Waals surface area (Å²) in [7, 11) is 0. The van der Waals surface area contributed by atoms with Crippen LogP contribution in [0.2, 0.25) is 0 Å². The molecule has 0 amide bonds. The minimum Gasteiger partial charge on any atom is -0.493 e. The molecule has 0 aromatic heterocycles. The highest BCUT2D eigenvalue weighted by Gasteiger charge is 2.23. The second kappa shape index (κ2) is 25.8. The van der Waals surface area contributed by atoms with Crippen LogP contribution in [-0.4, -0.2) is 38.5 Å². The van der Waals surface area contributed by atoms with Crippen LogP contribution >= 0.6 is 0 Å². The van der Waals surface area contributed by atoms with Crippen LogP contribution in [0.1, 0.15) is 168 Å². The van der Waals surface area contributed by atoms with Gasteiger partial charge in [-0.25, -0.2) is 4.79 Å².